The van der Waals surface area contributed by atoms with E-state index in [9.17, 15) is 4.79 Å². The predicted octanol–water partition coefficient (Wildman–Crippen LogP) is 5.23. The number of hydrogen-bond acceptors (Lipinski definition) is 5. The van der Waals surface area contributed by atoms with E-state index in [0.29, 0.717) is 18.1 Å². The summed E-state index contributed by atoms with van der Waals surface area (Å²) in [6.45, 7) is 2.12. The van der Waals surface area contributed by atoms with Gasteiger partial charge in [0.25, 0.3) is 0 Å². The molecule has 3 aliphatic rings. The highest BCUT2D eigenvalue weighted by Gasteiger charge is 2.33. The Morgan fingerprint density at radius 3 is 2.31 bits per heavy atom. The smallest absolute Gasteiger partial charge is 0.242 e. The molecule has 0 aliphatic carbocycles. The Hall–Kier alpha value is -1.22. The van der Waals surface area contributed by atoms with Gasteiger partial charge in [-0.1, -0.05) is 18.2 Å². The second-order valence-electron chi connectivity index (χ2n) is 10.3. The highest BCUT2D eigenvalue weighted by atomic mass is 127. The SMILES string of the molecule is BN1C(c2ccc(NC(=O)[C@@H]3CCCN3I)cc2)CCC1c1ccc2nc([C@@H]3CCCN3I)[nH]c2c1. The second kappa shape index (κ2) is 10.5. The number of halogens is 2. The lowest BCUT2D eigenvalue weighted by Crippen LogP contribution is -2.33. The largest absolute Gasteiger partial charge is 0.341 e. The van der Waals surface area contributed by atoms with Gasteiger partial charge in [-0.15, -0.1) is 0 Å². The molecule has 2 unspecified atom stereocenters. The van der Waals surface area contributed by atoms with E-state index >= 15 is 0 Å². The number of fused-ring (bicyclic) bond motifs is 1. The topological polar surface area (TPSA) is 67.5 Å². The van der Waals surface area contributed by atoms with Gasteiger partial charge in [-0.3, -0.25) is 4.79 Å². The van der Waals surface area contributed by atoms with E-state index in [-0.39, 0.29) is 11.9 Å². The standard InChI is InChI=1S/C26H31BI2N6O/c27-35-21(16-5-8-18(9-6-16)30-26(36)24-4-2-14-34(24)29)11-12-22(35)17-7-10-19-20(15-17)32-25(31-19)23-3-1-13-33(23)28/h5-10,15,21-24H,1-4,11-14,27H2,(H,30,36)(H,31,32)/t21?,22?,23-,24-/m0/s1. The zero-order valence-electron chi connectivity index (χ0n) is 20.5. The van der Waals surface area contributed by atoms with Gasteiger partial charge < -0.3 is 15.1 Å². The van der Waals surface area contributed by atoms with E-state index < -0.39 is 0 Å². The highest BCUT2D eigenvalue weighted by molar-refractivity contribution is 14.1. The van der Waals surface area contributed by atoms with Crippen molar-refractivity contribution in [1.82, 2.24) is 21.0 Å². The van der Waals surface area contributed by atoms with E-state index in [2.05, 4.69) is 118 Å². The Kier molecular flexibility index (Phi) is 7.32. The second-order valence-corrected chi connectivity index (χ2v) is 12.8. The number of nitrogens with one attached hydrogen (secondary N) is 2. The fourth-order valence-electron chi connectivity index (χ4n) is 6.16. The number of nitrogens with zero attached hydrogens (tertiary/aromatic N) is 4. The van der Waals surface area contributed by atoms with Gasteiger partial charge in [0.2, 0.25) is 5.91 Å². The van der Waals surface area contributed by atoms with Crippen LogP contribution in [-0.2, 0) is 4.79 Å². The molecular formula is C26H31BI2N6O. The van der Waals surface area contributed by atoms with Crippen LogP contribution in [0.2, 0.25) is 0 Å². The lowest BCUT2D eigenvalue weighted by Gasteiger charge is -2.27. The Morgan fingerprint density at radius 2 is 1.61 bits per heavy atom. The normalized spacial score (nSPS) is 27.8. The van der Waals surface area contributed by atoms with Crippen molar-refractivity contribution < 1.29 is 4.79 Å². The van der Waals surface area contributed by atoms with Gasteiger partial charge in [0.1, 0.15) is 5.82 Å². The molecule has 188 valence electrons. The summed E-state index contributed by atoms with van der Waals surface area (Å²) in [5.74, 6) is 1.20. The van der Waals surface area contributed by atoms with Gasteiger partial charge in [0, 0.05) is 76.6 Å². The molecule has 2 aromatic carbocycles. The molecule has 4 atom stereocenters. The Labute approximate surface area is 241 Å². The molecule has 3 aliphatic heterocycles. The van der Waals surface area contributed by atoms with Gasteiger partial charge >= 0.3 is 0 Å². The molecule has 4 heterocycles. The number of carbonyl (C=O) groups is 1. The fraction of sp³-hybridized carbons (Fsp3) is 0.462. The third-order valence-electron chi connectivity index (χ3n) is 8.16. The van der Waals surface area contributed by atoms with Gasteiger partial charge in [-0.25, -0.2) is 11.2 Å². The summed E-state index contributed by atoms with van der Waals surface area (Å²) >= 11 is 4.70. The number of H-pyrrole nitrogens is 1. The molecule has 3 fully saturated rings. The molecule has 2 N–H and O–H groups in total. The third-order valence-corrected chi connectivity index (χ3v) is 10.5. The molecule has 3 saturated heterocycles. The van der Waals surface area contributed by atoms with E-state index in [1.165, 1.54) is 24.0 Å². The Morgan fingerprint density at radius 1 is 0.917 bits per heavy atom. The predicted molar refractivity (Wildman–Crippen MR) is 163 cm³/mol. The minimum Gasteiger partial charge on any atom is -0.341 e. The number of aromatic amines is 1. The van der Waals surface area contributed by atoms with Crippen molar-refractivity contribution in [3.05, 3.63) is 59.4 Å². The van der Waals surface area contributed by atoms with Crippen molar-refractivity contribution >= 4 is 76.3 Å². The van der Waals surface area contributed by atoms with Crippen LogP contribution in [0.1, 0.15) is 73.6 Å². The minimum absolute atomic E-state index is 0.0195. The maximum absolute atomic E-state index is 12.6. The lowest BCUT2D eigenvalue weighted by atomic mass is 10.0. The average Bonchev–Trinajstić information content (AvgIpc) is 3.66. The first kappa shape index (κ1) is 25.1. The van der Waals surface area contributed by atoms with E-state index in [1.54, 1.807) is 0 Å². The third kappa shape index (κ3) is 4.83. The number of rotatable bonds is 5. The number of imidazole rings is 1. The maximum atomic E-state index is 12.6. The van der Waals surface area contributed by atoms with Gasteiger partial charge in [0.15, 0.2) is 7.98 Å². The van der Waals surface area contributed by atoms with Crippen molar-refractivity contribution in [1.29, 1.82) is 0 Å². The summed E-state index contributed by atoms with van der Waals surface area (Å²) in [6.07, 6.45) is 6.67. The monoisotopic (exact) mass is 708 g/mol. The van der Waals surface area contributed by atoms with Crippen LogP contribution in [0.5, 0.6) is 0 Å². The van der Waals surface area contributed by atoms with Crippen LogP contribution >= 0.6 is 45.7 Å². The van der Waals surface area contributed by atoms with Gasteiger partial charge in [-0.2, -0.15) is 0 Å². The first-order valence-electron chi connectivity index (χ1n) is 12.9. The lowest BCUT2D eigenvalue weighted by molar-refractivity contribution is -0.118. The first-order chi connectivity index (χ1) is 17.5. The zero-order valence-corrected chi connectivity index (χ0v) is 24.8. The number of amides is 1. The van der Waals surface area contributed by atoms with E-state index in [1.807, 2.05) is 0 Å². The van der Waals surface area contributed by atoms with Crippen molar-refractivity contribution in [3.63, 3.8) is 0 Å². The molecule has 7 nitrogen and oxygen atoms in total. The van der Waals surface area contributed by atoms with Gasteiger partial charge in [0.05, 0.1) is 23.1 Å². The van der Waals surface area contributed by atoms with Crippen LogP contribution in [0.4, 0.5) is 5.69 Å². The van der Waals surface area contributed by atoms with Crippen LogP contribution in [0, 0.1) is 0 Å². The Bertz CT molecular complexity index is 1250. The van der Waals surface area contributed by atoms with Crippen molar-refractivity contribution in [2.75, 3.05) is 18.4 Å². The number of aromatic nitrogens is 2. The molecule has 0 spiro atoms. The molecule has 36 heavy (non-hydrogen) atoms. The van der Waals surface area contributed by atoms with Crippen LogP contribution in [0.3, 0.4) is 0 Å². The molecule has 10 heteroatoms. The summed E-state index contributed by atoms with van der Waals surface area (Å²) in [7, 11) is 2.24. The minimum atomic E-state index is -0.0195. The summed E-state index contributed by atoms with van der Waals surface area (Å²) in [6, 6.07) is 16.3. The fourth-order valence-corrected chi connectivity index (χ4v) is 7.92. The molecule has 6 rings (SSSR count). The van der Waals surface area contributed by atoms with Gasteiger partial charge in [-0.05, 0) is 73.9 Å². The summed E-state index contributed by atoms with van der Waals surface area (Å²) in [4.78, 5) is 23.7. The first-order valence-corrected chi connectivity index (χ1v) is 14.9. The van der Waals surface area contributed by atoms with Crippen molar-refractivity contribution in [2.45, 2.75) is 62.7 Å². The number of hydrogen-bond donors (Lipinski definition) is 2. The zero-order chi connectivity index (χ0) is 24.8. The Balaban J connectivity index is 1.14. The molecular weight excluding hydrogens is 677 g/mol. The van der Waals surface area contributed by atoms with Crippen LogP contribution < -0.4 is 5.32 Å². The molecule has 0 saturated carbocycles. The molecule has 0 radical (unpaired) electrons. The van der Waals surface area contributed by atoms with Crippen LogP contribution in [0.15, 0.2) is 42.5 Å². The number of anilines is 1. The van der Waals surface area contributed by atoms with Crippen molar-refractivity contribution in [3.8, 4) is 0 Å². The molecule has 1 aromatic heterocycles. The quantitative estimate of drug-likeness (QED) is 0.216. The van der Waals surface area contributed by atoms with Crippen molar-refractivity contribution in [2.24, 2.45) is 0 Å². The molecule has 0 bridgehead atoms. The number of carbonyl (C=O) groups excluding carboxylic acids is 1. The van der Waals surface area contributed by atoms with E-state index in [0.717, 1.165) is 61.3 Å². The summed E-state index contributed by atoms with van der Waals surface area (Å²) in [5, 5.41) is 3.11. The summed E-state index contributed by atoms with van der Waals surface area (Å²) in [5.41, 5.74) is 5.74. The molecule has 3 aromatic rings. The van der Waals surface area contributed by atoms with E-state index in [4.69, 9.17) is 4.98 Å². The van der Waals surface area contributed by atoms with Crippen LogP contribution in [0.25, 0.3) is 11.0 Å². The average molecular weight is 708 g/mol. The van der Waals surface area contributed by atoms with Crippen LogP contribution in [-0.4, -0.2) is 54.0 Å². The number of benzene rings is 2. The summed E-state index contributed by atoms with van der Waals surface area (Å²) < 4.78 is 4.48. The molecule has 1 amide bonds. The highest BCUT2D eigenvalue weighted by Crippen LogP contribution is 2.43. The maximum Gasteiger partial charge on any atom is 0.242 e.